The van der Waals surface area contributed by atoms with Crippen molar-refractivity contribution in [3.63, 3.8) is 0 Å². The van der Waals surface area contributed by atoms with E-state index in [4.69, 9.17) is 4.74 Å². The number of nitrogens with zero attached hydrogens (tertiary/aromatic N) is 1. The van der Waals surface area contributed by atoms with Gasteiger partial charge in [0.2, 0.25) is 0 Å². The van der Waals surface area contributed by atoms with Crippen LogP contribution in [0.1, 0.15) is 37.2 Å². The number of nitrogens with one attached hydrogen (secondary N) is 2. The molecule has 0 atom stereocenters. The Morgan fingerprint density at radius 2 is 2.04 bits per heavy atom. The van der Waals surface area contributed by atoms with Gasteiger partial charge in [0.15, 0.2) is 0 Å². The van der Waals surface area contributed by atoms with E-state index in [0.29, 0.717) is 11.7 Å². The number of carbonyl (C=O) groups is 1. The van der Waals surface area contributed by atoms with E-state index in [9.17, 15) is 4.79 Å². The third-order valence-electron chi connectivity index (χ3n) is 3.43. The molecule has 1 fully saturated rings. The number of anilines is 2. The van der Waals surface area contributed by atoms with E-state index >= 15 is 0 Å². The molecule has 23 heavy (non-hydrogen) atoms. The molecule has 2 aromatic rings. The summed E-state index contributed by atoms with van der Waals surface area (Å²) >= 11 is 0. The summed E-state index contributed by atoms with van der Waals surface area (Å²) in [5, 5.41) is 6.24. The number of hydrogen-bond donors (Lipinski definition) is 2. The van der Waals surface area contributed by atoms with E-state index in [0.717, 1.165) is 30.0 Å². The number of ether oxygens (including phenoxy) is 1. The Hall–Kier alpha value is -2.56. The van der Waals surface area contributed by atoms with Crippen molar-refractivity contribution >= 4 is 17.3 Å². The summed E-state index contributed by atoms with van der Waals surface area (Å²) in [7, 11) is 0. The number of benzene rings is 1. The smallest absolute Gasteiger partial charge is 0.270 e. The molecule has 1 aromatic heterocycles. The molecule has 0 spiro atoms. The Kier molecular flexibility index (Phi) is 4.46. The van der Waals surface area contributed by atoms with E-state index < -0.39 is 0 Å². The van der Waals surface area contributed by atoms with Crippen LogP contribution in [0.4, 0.5) is 11.4 Å². The molecule has 0 aliphatic heterocycles. The molecule has 5 heteroatoms. The zero-order chi connectivity index (χ0) is 16.2. The van der Waals surface area contributed by atoms with Gasteiger partial charge in [-0.05, 0) is 51.0 Å². The van der Waals surface area contributed by atoms with Gasteiger partial charge in [-0.2, -0.15) is 0 Å². The van der Waals surface area contributed by atoms with Gasteiger partial charge < -0.3 is 15.4 Å². The molecule has 1 heterocycles. The second-order valence-corrected chi connectivity index (χ2v) is 5.97. The van der Waals surface area contributed by atoms with Crippen molar-refractivity contribution in [2.45, 2.75) is 38.8 Å². The largest absolute Gasteiger partial charge is 0.489 e. The summed E-state index contributed by atoms with van der Waals surface area (Å²) in [6, 6.07) is 11.7. The molecule has 0 radical (unpaired) electrons. The average molecular weight is 311 g/mol. The quantitative estimate of drug-likeness (QED) is 0.857. The summed E-state index contributed by atoms with van der Waals surface area (Å²) in [6.07, 6.45) is 3.85. The Balaban J connectivity index is 1.76. The second-order valence-electron chi connectivity index (χ2n) is 5.97. The molecular weight excluding hydrogens is 290 g/mol. The molecular formula is C18H21N3O2. The van der Waals surface area contributed by atoms with Crippen LogP contribution in [-0.2, 0) is 0 Å². The maximum atomic E-state index is 12.1. The van der Waals surface area contributed by atoms with E-state index in [1.807, 2.05) is 44.2 Å². The van der Waals surface area contributed by atoms with Crippen LogP contribution >= 0.6 is 0 Å². The van der Waals surface area contributed by atoms with Crippen LogP contribution < -0.4 is 15.4 Å². The Morgan fingerprint density at radius 3 is 2.78 bits per heavy atom. The molecule has 0 unspecified atom stereocenters. The molecule has 120 valence electrons. The second kappa shape index (κ2) is 6.69. The van der Waals surface area contributed by atoms with Gasteiger partial charge in [-0.3, -0.25) is 9.78 Å². The molecule has 1 amide bonds. The van der Waals surface area contributed by atoms with Crippen LogP contribution in [0, 0.1) is 0 Å². The highest BCUT2D eigenvalue weighted by Gasteiger charge is 2.24. The Bertz CT molecular complexity index is 696. The number of rotatable bonds is 6. The van der Waals surface area contributed by atoms with Gasteiger partial charge in [0, 0.05) is 17.9 Å². The summed E-state index contributed by atoms with van der Waals surface area (Å²) in [5.41, 5.74) is 2.09. The van der Waals surface area contributed by atoms with Gasteiger partial charge in [-0.1, -0.05) is 12.1 Å². The van der Waals surface area contributed by atoms with E-state index in [1.54, 1.807) is 12.3 Å². The SMILES string of the molecule is CC(C)Oc1ccccc1Nc1ccnc(C(=O)NC2CC2)c1. The fraction of sp³-hybridized carbons (Fsp3) is 0.333. The van der Waals surface area contributed by atoms with Crippen molar-refractivity contribution in [2.75, 3.05) is 5.32 Å². The summed E-state index contributed by atoms with van der Waals surface area (Å²) in [5.74, 6) is 0.658. The van der Waals surface area contributed by atoms with Gasteiger partial charge in [0.1, 0.15) is 11.4 Å². The zero-order valence-electron chi connectivity index (χ0n) is 13.4. The fourth-order valence-electron chi connectivity index (χ4n) is 2.20. The predicted octanol–water partition coefficient (Wildman–Crippen LogP) is 3.50. The third-order valence-corrected chi connectivity index (χ3v) is 3.43. The minimum Gasteiger partial charge on any atom is -0.489 e. The van der Waals surface area contributed by atoms with Crippen LogP contribution in [0.15, 0.2) is 42.6 Å². The first kappa shape index (κ1) is 15.3. The highest BCUT2D eigenvalue weighted by Crippen LogP contribution is 2.28. The lowest BCUT2D eigenvalue weighted by molar-refractivity contribution is 0.0946. The molecule has 5 nitrogen and oxygen atoms in total. The monoisotopic (exact) mass is 311 g/mol. The molecule has 0 saturated heterocycles. The summed E-state index contributed by atoms with van der Waals surface area (Å²) in [4.78, 5) is 16.2. The number of para-hydroxylation sites is 2. The van der Waals surface area contributed by atoms with Crippen molar-refractivity contribution in [1.82, 2.24) is 10.3 Å². The van der Waals surface area contributed by atoms with E-state index in [2.05, 4.69) is 15.6 Å². The zero-order valence-corrected chi connectivity index (χ0v) is 13.4. The van der Waals surface area contributed by atoms with Crippen LogP contribution in [0.3, 0.4) is 0 Å². The molecule has 1 saturated carbocycles. The first-order valence-corrected chi connectivity index (χ1v) is 7.91. The molecule has 1 aliphatic rings. The van der Waals surface area contributed by atoms with E-state index in [-0.39, 0.29) is 12.0 Å². The number of carbonyl (C=O) groups excluding carboxylic acids is 1. The van der Waals surface area contributed by atoms with Crippen molar-refractivity contribution in [3.8, 4) is 5.75 Å². The molecule has 2 N–H and O–H groups in total. The topological polar surface area (TPSA) is 63.2 Å². The summed E-state index contributed by atoms with van der Waals surface area (Å²) < 4.78 is 5.80. The Labute approximate surface area is 136 Å². The van der Waals surface area contributed by atoms with Crippen LogP contribution in [0.5, 0.6) is 5.75 Å². The van der Waals surface area contributed by atoms with Gasteiger partial charge in [-0.25, -0.2) is 0 Å². The predicted molar refractivity (Wildman–Crippen MR) is 90.2 cm³/mol. The van der Waals surface area contributed by atoms with Crippen LogP contribution in [0.2, 0.25) is 0 Å². The Morgan fingerprint density at radius 1 is 1.26 bits per heavy atom. The number of aromatic nitrogens is 1. The van der Waals surface area contributed by atoms with Gasteiger partial charge in [-0.15, -0.1) is 0 Å². The highest BCUT2D eigenvalue weighted by atomic mass is 16.5. The highest BCUT2D eigenvalue weighted by molar-refractivity contribution is 5.93. The van der Waals surface area contributed by atoms with Crippen LogP contribution in [-0.4, -0.2) is 23.0 Å². The van der Waals surface area contributed by atoms with Crippen LogP contribution in [0.25, 0.3) is 0 Å². The lowest BCUT2D eigenvalue weighted by atomic mass is 10.2. The van der Waals surface area contributed by atoms with Crippen molar-refractivity contribution in [3.05, 3.63) is 48.3 Å². The van der Waals surface area contributed by atoms with Crippen molar-refractivity contribution in [1.29, 1.82) is 0 Å². The number of amides is 1. The standard InChI is InChI=1S/C18H21N3O2/c1-12(2)23-17-6-4-3-5-15(17)20-14-9-10-19-16(11-14)18(22)21-13-7-8-13/h3-6,9-13H,7-8H2,1-2H3,(H,19,20)(H,21,22). The lowest BCUT2D eigenvalue weighted by Crippen LogP contribution is -2.26. The maximum absolute atomic E-state index is 12.1. The first-order chi connectivity index (χ1) is 11.1. The van der Waals surface area contributed by atoms with Crippen molar-refractivity contribution < 1.29 is 9.53 Å². The minimum atomic E-state index is -0.122. The average Bonchev–Trinajstić information content (AvgIpc) is 3.33. The van der Waals surface area contributed by atoms with Gasteiger partial charge in [0.05, 0.1) is 11.8 Å². The first-order valence-electron chi connectivity index (χ1n) is 7.91. The molecule has 0 bridgehead atoms. The summed E-state index contributed by atoms with van der Waals surface area (Å²) in [6.45, 7) is 3.98. The number of pyridine rings is 1. The van der Waals surface area contributed by atoms with E-state index in [1.165, 1.54) is 0 Å². The third kappa shape index (κ3) is 4.22. The van der Waals surface area contributed by atoms with Crippen molar-refractivity contribution in [2.24, 2.45) is 0 Å². The minimum absolute atomic E-state index is 0.0928. The lowest BCUT2D eigenvalue weighted by Gasteiger charge is -2.15. The molecule has 1 aliphatic carbocycles. The fourth-order valence-corrected chi connectivity index (χ4v) is 2.20. The molecule has 1 aromatic carbocycles. The van der Waals surface area contributed by atoms with Gasteiger partial charge >= 0.3 is 0 Å². The van der Waals surface area contributed by atoms with Gasteiger partial charge in [0.25, 0.3) is 5.91 Å². The maximum Gasteiger partial charge on any atom is 0.270 e. The normalized spacial score (nSPS) is 13.7. The number of hydrogen-bond acceptors (Lipinski definition) is 4. The molecule has 3 rings (SSSR count).